The van der Waals surface area contributed by atoms with Crippen LogP contribution >= 0.6 is 0 Å². The van der Waals surface area contributed by atoms with E-state index in [-0.39, 0.29) is 24.5 Å². The van der Waals surface area contributed by atoms with Gasteiger partial charge in [0.15, 0.2) is 0 Å². The van der Waals surface area contributed by atoms with E-state index in [1.54, 1.807) is 6.08 Å². The Kier molecular flexibility index (Phi) is 7.79. The third kappa shape index (κ3) is 5.78. The number of hydrogen-bond acceptors (Lipinski definition) is 6. The normalized spacial score (nSPS) is 27.3. The average molecular weight is 416 g/mol. The molecule has 0 amide bonds. The lowest BCUT2D eigenvalue weighted by atomic mass is 9.90. The highest BCUT2D eigenvalue weighted by molar-refractivity contribution is 5.84. The molecule has 2 aliphatic rings. The molecule has 7 nitrogen and oxygen atoms in total. The number of aliphatic hydroxyl groups is 2. The van der Waals surface area contributed by atoms with E-state index >= 15 is 0 Å². The van der Waals surface area contributed by atoms with Crippen LogP contribution in [0.5, 0.6) is 5.75 Å². The van der Waals surface area contributed by atoms with Crippen molar-refractivity contribution in [3.8, 4) is 5.75 Å². The van der Waals surface area contributed by atoms with E-state index in [2.05, 4.69) is 0 Å². The number of carboxylic acid groups (broad SMARTS) is 1. The quantitative estimate of drug-likeness (QED) is 0.419. The second kappa shape index (κ2) is 10.5. The summed E-state index contributed by atoms with van der Waals surface area (Å²) >= 11 is 0. The molecule has 1 aromatic rings. The maximum atomic E-state index is 12.3. The Bertz CT molecular complexity index is 800. The van der Waals surface area contributed by atoms with Gasteiger partial charge in [-0.25, -0.2) is 0 Å². The molecule has 3 rings (SSSR count). The van der Waals surface area contributed by atoms with Crippen LogP contribution < -0.4 is 4.74 Å². The number of carboxylic acids is 1. The molecule has 1 heterocycles. The number of aliphatic hydroxyl groups excluding tert-OH is 2. The zero-order valence-electron chi connectivity index (χ0n) is 16.7. The van der Waals surface area contributed by atoms with Gasteiger partial charge in [0.05, 0.1) is 12.7 Å². The van der Waals surface area contributed by atoms with Crippen LogP contribution in [-0.4, -0.2) is 45.6 Å². The first kappa shape index (κ1) is 22.2. The molecule has 3 N–H and O–H groups in total. The number of benzene rings is 1. The smallest absolute Gasteiger partial charge is 0.303 e. The fourth-order valence-electron chi connectivity index (χ4n) is 3.83. The number of carbonyl (C=O) groups is 2. The van der Waals surface area contributed by atoms with Crippen LogP contribution in [0, 0.1) is 11.8 Å². The molecule has 1 aliphatic carbocycles. The highest BCUT2D eigenvalue weighted by Crippen LogP contribution is 2.34. The zero-order valence-corrected chi connectivity index (χ0v) is 16.7. The monoisotopic (exact) mass is 416 g/mol. The number of Topliss-reactive ketones (excluding diaryl/α,β-unsaturated/α-hetero) is 1. The number of fused-ring (bicyclic) bond motifs is 1. The van der Waals surface area contributed by atoms with Gasteiger partial charge in [0, 0.05) is 30.2 Å². The van der Waals surface area contributed by atoms with E-state index in [1.165, 1.54) is 6.08 Å². The van der Waals surface area contributed by atoms with Gasteiger partial charge in [0.2, 0.25) is 6.29 Å². The van der Waals surface area contributed by atoms with E-state index in [9.17, 15) is 19.8 Å². The van der Waals surface area contributed by atoms with E-state index in [1.807, 2.05) is 36.4 Å². The average Bonchev–Trinajstić information content (AvgIpc) is 3.00. The van der Waals surface area contributed by atoms with Crippen molar-refractivity contribution >= 4 is 11.8 Å². The number of rotatable bonds is 9. The topological polar surface area (TPSA) is 113 Å². The molecule has 7 heteroatoms. The number of para-hydroxylation sites is 1. The van der Waals surface area contributed by atoms with Crippen LogP contribution in [0.3, 0.4) is 0 Å². The molecule has 1 aromatic carbocycles. The van der Waals surface area contributed by atoms with Crippen LogP contribution in [0.4, 0.5) is 0 Å². The minimum Gasteiger partial charge on any atom is -0.481 e. The Balaban J connectivity index is 1.55. The summed E-state index contributed by atoms with van der Waals surface area (Å²) in [5.74, 6) is -0.931. The van der Waals surface area contributed by atoms with Gasteiger partial charge in [-0.05, 0) is 25.3 Å². The third-order valence-electron chi connectivity index (χ3n) is 5.48. The lowest BCUT2D eigenvalue weighted by Gasteiger charge is -2.28. The lowest BCUT2D eigenvalue weighted by molar-refractivity contribution is -0.152. The Morgan fingerprint density at radius 1 is 1.27 bits per heavy atom. The first-order valence-corrected chi connectivity index (χ1v) is 10.3. The minimum absolute atomic E-state index is 0.0130. The summed E-state index contributed by atoms with van der Waals surface area (Å²) in [5, 5.41) is 29.4. The highest BCUT2D eigenvalue weighted by atomic mass is 16.7. The second-order valence-electron chi connectivity index (χ2n) is 7.70. The Hall–Kier alpha value is -2.48. The summed E-state index contributed by atoms with van der Waals surface area (Å²) in [6, 6.07) is 7.46. The van der Waals surface area contributed by atoms with Gasteiger partial charge in [0.1, 0.15) is 17.6 Å². The first-order valence-electron chi connectivity index (χ1n) is 10.3. The van der Waals surface area contributed by atoms with E-state index in [4.69, 9.17) is 14.6 Å². The van der Waals surface area contributed by atoms with Crippen molar-refractivity contribution in [3.05, 3.63) is 54.1 Å². The summed E-state index contributed by atoms with van der Waals surface area (Å²) in [6.07, 6.45) is 6.12. The lowest BCUT2D eigenvalue weighted by Crippen LogP contribution is -2.36. The number of ether oxygens (including phenoxy) is 2. The number of hydrogen-bond donors (Lipinski definition) is 3. The van der Waals surface area contributed by atoms with Gasteiger partial charge in [0.25, 0.3) is 0 Å². The maximum Gasteiger partial charge on any atom is 0.303 e. The van der Waals surface area contributed by atoms with Gasteiger partial charge >= 0.3 is 5.97 Å². The summed E-state index contributed by atoms with van der Waals surface area (Å²) in [4.78, 5) is 22.8. The van der Waals surface area contributed by atoms with Crippen LogP contribution in [0.25, 0.3) is 0 Å². The summed E-state index contributed by atoms with van der Waals surface area (Å²) in [6.45, 7) is 0.339. The molecule has 5 atom stereocenters. The molecule has 1 aliphatic heterocycles. The molecule has 0 radical (unpaired) electrons. The Morgan fingerprint density at radius 2 is 2.07 bits per heavy atom. The summed E-state index contributed by atoms with van der Waals surface area (Å²) in [7, 11) is 0. The van der Waals surface area contributed by atoms with Crippen molar-refractivity contribution in [2.45, 2.75) is 57.2 Å². The molecule has 0 spiro atoms. The van der Waals surface area contributed by atoms with E-state index in [0.717, 1.165) is 5.56 Å². The predicted octanol–water partition coefficient (Wildman–Crippen LogP) is 2.61. The molecule has 162 valence electrons. The molecule has 0 bridgehead atoms. The van der Waals surface area contributed by atoms with Crippen LogP contribution in [0.1, 0.15) is 37.7 Å². The molecule has 1 fully saturated rings. The van der Waals surface area contributed by atoms with Crippen molar-refractivity contribution in [2.24, 2.45) is 11.8 Å². The molecule has 0 saturated heterocycles. The van der Waals surface area contributed by atoms with Crippen molar-refractivity contribution in [2.75, 3.05) is 0 Å². The molecular formula is C23H28O7. The number of ketones is 1. The fraction of sp³-hybridized carbons (Fsp3) is 0.478. The number of carbonyl (C=O) groups excluding carboxylic acids is 1. The van der Waals surface area contributed by atoms with Crippen molar-refractivity contribution in [1.29, 1.82) is 0 Å². The van der Waals surface area contributed by atoms with Crippen LogP contribution in [-0.2, 0) is 20.9 Å². The zero-order chi connectivity index (χ0) is 21.5. The number of aliphatic carboxylic acids is 1. The van der Waals surface area contributed by atoms with Gasteiger partial charge in [-0.3, -0.25) is 9.59 Å². The molecule has 0 aromatic heterocycles. The van der Waals surface area contributed by atoms with E-state index < -0.39 is 30.4 Å². The first-order chi connectivity index (χ1) is 14.5. The summed E-state index contributed by atoms with van der Waals surface area (Å²) in [5.41, 5.74) is 0.914. The molecule has 1 unspecified atom stereocenters. The van der Waals surface area contributed by atoms with Crippen LogP contribution in [0.15, 0.2) is 48.6 Å². The number of unbranched alkanes of at least 4 members (excludes halogenated alkanes) is 1. The largest absolute Gasteiger partial charge is 0.481 e. The van der Waals surface area contributed by atoms with Crippen LogP contribution in [0.2, 0.25) is 0 Å². The fourth-order valence-corrected chi connectivity index (χ4v) is 3.83. The SMILES string of the molecule is O=C(O)CCCC=CC[C@H]1C(=O)C[C@@H](O)[C@@H]1C=C[C@@H](O)C1OCc2ccccc2O1. The van der Waals surface area contributed by atoms with Gasteiger partial charge in [-0.2, -0.15) is 0 Å². The Morgan fingerprint density at radius 3 is 2.87 bits per heavy atom. The van der Waals surface area contributed by atoms with Gasteiger partial charge in [-0.15, -0.1) is 0 Å². The van der Waals surface area contributed by atoms with Crippen molar-refractivity contribution in [3.63, 3.8) is 0 Å². The second-order valence-corrected chi connectivity index (χ2v) is 7.70. The van der Waals surface area contributed by atoms with Crippen molar-refractivity contribution < 1.29 is 34.4 Å². The standard InChI is InChI=1S/C23H28O7/c24-18(23-29-14-15-7-5-6-9-21(15)30-23)12-11-17-16(19(25)13-20(17)26)8-3-1-2-4-10-22(27)28/h1,3,5-7,9,11-12,16-18,20,23-24,26H,2,4,8,10,13-14H2,(H,27,28)/t16-,17-,18-,20-,23?/m1/s1. The summed E-state index contributed by atoms with van der Waals surface area (Å²) < 4.78 is 11.3. The molecule has 30 heavy (non-hydrogen) atoms. The third-order valence-corrected chi connectivity index (χ3v) is 5.48. The number of allylic oxidation sites excluding steroid dienone is 2. The highest BCUT2D eigenvalue weighted by Gasteiger charge is 2.39. The van der Waals surface area contributed by atoms with Gasteiger partial charge in [-0.1, -0.05) is 42.5 Å². The minimum atomic E-state index is -1.03. The predicted molar refractivity (Wildman–Crippen MR) is 109 cm³/mol. The van der Waals surface area contributed by atoms with Gasteiger partial charge < -0.3 is 24.8 Å². The van der Waals surface area contributed by atoms with Crippen molar-refractivity contribution in [1.82, 2.24) is 0 Å². The van der Waals surface area contributed by atoms with E-state index in [0.29, 0.717) is 31.6 Å². The maximum absolute atomic E-state index is 12.3. The molecule has 1 saturated carbocycles. The molecular weight excluding hydrogens is 388 g/mol. The Labute approximate surface area is 175 Å².